The zero-order valence-electron chi connectivity index (χ0n) is 9.71. The van der Waals surface area contributed by atoms with Crippen LogP contribution in [0.5, 0.6) is 0 Å². The second kappa shape index (κ2) is 7.63. The SMILES string of the molecule is CCCCCC(=O)C=CC1CCOCC1. The summed E-state index contributed by atoms with van der Waals surface area (Å²) in [5.41, 5.74) is 0. The second-order valence-corrected chi connectivity index (χ2v) is 4.23. The smallest absolute Gasteiger partial charge is 0.155 e. The van der Waals surface area contributed by atoms with Crippen molar-refractivity contribution in [2.45, 2.75) is 45.4 Å². The fraction of sp³-hybridized carbons (Fsp3) is 0.769. The van der Waals surface area contributed by atoms with E-state index in [1.165, 1.54) is 6.42 Å². The Labute approximate surface area is 92.7 Å². The maximum atomic E-state index is 11.4. The first-order valence-electron chi connectivity index (χ1n) is 6.11. The van der Waals surface area contributed by atoms with E-state index in [0.717, 1.165) is 38.9 Å². The molecule has 1 fully saturated rings. The van der Waals surface area contributed by atoms with Crippen LogP contribution in [0, 0.1) is 5.92 Å². The number of hydrogen-bond donors (Lipinski definition) is 0. The Morgan fingerprint density at radius 1 is 1.33 bits per heavy atom. The highest BCUT2D eigenvalue weighted by Gasteiger charge is 2.10. The third-order valence-electron chi connectivity index (χ3n) is 2.85. The fourth-order valence-electron chi connectivity index (χ4n) is 1.78. The third kappa shape index (κ3) is 5.73. The van der Waals surface area contributed by atoms with Gasteiger partial charge in [-0.2, -0.15) is 0 Å². The van der Waals surface area contributed by atoms with Gasteiger partial charge in [-0.15, -0.1) is 0 Å². The van der Waals surface area contributed by atoms with Crippen molar-refractivity contribution in [1.29, 1.82) is 0 Å². The normalized spacial score (nSPS) is 18.5. The number of rotatable bonds is 6. The van der Waals surface area contributed by atoms with Crippen molar-refractivity contribution in [3.05, 3.63) is 12.2 Å². The molecule has 0 amide bonds. The molecule has 0 aromatic rings. The van der Waals surface area contributed by atoms with Crippen LogP contribution >= 0.6 is 0 Å². The highest BCUT2D eigenvalue weighted by Crippen LogP contribution is 2.15. The Hall–Kier alpha value is -0.630. The number of allylic oxidation sites excluding steroid dienone is 2. The highest BCUT2D eigenvalue weighted by molar-refractivity contribution is 5.89. The van der Waals surface area contributed by atoms with E-state index in [2.05, 4.69) is 13.0 Å². The Kier molecular flexibility index (Phi) is 6.33. The van der Waals surface area contributed by atoms with E-state index in [4.69, 9.17) is 4.74 Å². The van der Waals surface area contributed by atoms with Gasteiger partial charge in [0.1, 0.15) is 0 Å². The van der Waals surface area contributed by atoms with Crippen LogP contribution in [0.25, 0.3) is 0 Å². The minimum atomic E-state index is 0.287. The van der Waals surface area contributed by atoms with E-state index in [1.807, 2.05) is 0 Å². The Morgan fingerprint density at radius 3 is 2.73 bits per heavy atom. The van der Waals surface area contributed by atoms with Crippen LogP contribution < -0.4 is 0 Å². The topological polar surface area (TPSA) is 26.3 Å². The first kappa shape index (κ1) is 12.4. The number of hydrogen-bond acceptors (Lipinski definition) is 2. The largest absolute Gasteiger partial charge is 0.381 e. The van der Waals surface area contributed by atoms with E-state index in [-0.39, 0.29) is 5.78 Å². The molecule has 1 aliphatic heterocycles. The maximum absolute atomic E-state index is 11.4. The molecule has 2 nitrogen and oxygen atoms in total. The van der Waals surface area contributed by atoms with Gasteiger partial charge in [0.2, 0.25) is 0 Å². The average Bonchev–Trinajstić information content (AvgIpc) is 2.28. The molecule has 0 radical (unpaired) electrons. The Morgan fingerprint density at radius 2 is 2.07 bits per heavy atom. The molecule has 15 heavy (non-hydrogen) atoms. The van der Waals surface area contributed by atoms with Crippen LogP contribution in [0.4, 0.5) is 0 Å². The van der Waals surface area contributed by atoms with Crippen molar-refractivity contribution in [1.82, 2.24) is 0 Å². The molecule has 0 atom stereocenters. The average molecular weight is 210 g/mol. The van der Waals surface area contributed by atoms with Gasteiger partial charge in [0.05, 0.1) is 0 Å². The summed E-state index contributed by atoms with van der Waals surface area (Å²) < 4.78 is 5.27. The van der Waals surface area contributed by atoms with Crippen LogP contribution in [0.1, 0.15) is 45.4 Å². The second-order valence-electron chi connectivity index (χ2n) is 4.23. The number of ketones is 1. The van der Waals surface area contributed by atoms with Gasteiger partial charge in [-0.05, 0) is 31.3 Å². The highest BCUT2D eigenvalue weighted by atomic mass is 16.5. The minimum absolute atomic E-state index is 0.287. The number of ether oxygens (including phenoxy) is 1. The van der Waals surface area contributed by atoms with Crippen LogP contribution in [0.2, 0.25) is 0 Å². The molecule has 0 spiro atoms. The van der Waals surface area contributed by atoms with Crippen molar-refractivity contribution in [3.8, 4) is 0 Å². The van der Waals surface area contributed by atoms with Gasteiger partial charge in [-0.3, -0.25) is 4.79 Å². The predicted molar refractivity (Wildman–Crippen MR) is 61.8 cm³/mol. The summed E-state index contributed by atoms with van der Waals surface area (Å²) in [6, 6.07) is 0. The zero-order valence-corrected chi connectivity index (χ0v) is 9.71. The molecule has 0 unspecified atom stereocenters. The molecule has 0 aromatic heterocycles. The summed E-state index contributed by atoms with van der Waals surface area (Å²) in [5.74, 6) is 0.851. The minimum Gasteiger partial charge on any atom is -0.381 e. The summed E-state index contributed by atoms with van der Waals surface area (Å²) in [6.45, 7) is 3.85. The molecule has 0 aromatic carbocycles. The van der Waals surface area contributed by atoms with E-state index < -0.39 is 0 Å². The lowest BCUT2D eigenvalue weighted by Crippen LogP contribution is -2.13. The zero-order chi connectivity index (χ0) is 10.9. The lowest BCUT2D eigenvalue weighted by atomic mass is 9.99. The molecular formula is C13H22O2. The van der Waals surface area contributed by atoms with E-state index >= 15 is 0 Å². The van der Waals surface area contributed by atoms with Crippen LogP contribution in [0.3, 0.4) is 0 Å². The van der Waals surface area contributed by atoms with Crippen LogP contribution in [-0.2, 0) is 9.53 Å². The maximum Gasteiger partial charge on any atom is 0.155 e. The van der Waals surface area contributed by atoms with Crippen molar-refractivity contribution in [2.24, 2.45) is 5.92 Å². The molecule has 0 aliphatic carbocycles. The van der Waals surface area contributed by atoms with Gasteiger partial charge in [0.25, 0.3) is 0 Å². The lowest BCUT2D eigenvalue weighted by molar-refractivity contribution is -0.114. The quantitative estimate of drug-likeness (QED) is 0.497. The molecule has 0 N–H and O–H groups in total. The van der Waals surface area contributed by atoms with Crippen molar-refractivity contribution in [2.75, 3.05) is 13.2 Å². The number of carbonyl (C=O) groups is 1. The number of carbonyl (C=O) groups excluding carboxylic acids is 1. The molecule has 86 valence electrons. The summed E-state index contributed by atoms with van der Waals surface area (Å²) in [7, 11) is 0. The third-order valence-corrected chi connectivity index (χ3v) is 2.85. The van der Waals surface area contributed by atoms with E-state index in [9.17, 15) is 4.79 Å². The van der Waals surface area contributed by atoms with Gasteiger partial charge in [0, 0.05) is 19.6 Å². The molecule has 1 saturated heterocycles. The summed E-state index contributed by atoms with van der Waals surface area (Å²) in [4.78, 5) is 11.4. The van der Waals surface area contributed by atoms with Gasteiger partial charge in [-0.1, -0.05) is 25.8 Å². The Balaban J connectivity index is 2.14. The first-order chi connectivity index (χ1) is 7.33. The van der Waals surface area contributed by atoms with Gasteiger partial charge < -0.3 is 4.74 Å². The molecule has 1 rings (SSSR count). The molecule has 0 saturated carbocycles. The summed E-state index contributed by atoms with van der Waals surface area (Å²) >= 11 is 0. The fourth-order valence-corrected chi connectivity index (χ4v) is 1.78. The molecule has 1 heterocycles. The first-order valence-corrected chi connectivity index (χ1v) is 6.11. The van der Waals surface area contributed by atoms with Gasteiger partial charge in [-0.25, -0.2) is 0 Å². The Bertz CT molecular complexity index is 203. The van der Waals surface area contributed by atoms with Gasteiger partial charge >= 0.3 is 0 Å². The van der Waals surface area contributed by atoms with E-state index in [1.54, 1.807) is 6.08 Å². The summed E-state index contributed by atoms with van der Waals surface area (Å²) in [6.07, 6.45) is 10.1. The summed E-state index contributed by atoms with van der Waals surface area (Å²) in [5, 5.41) is 0. The molecule has 1 aliphatic rings. The van der Waals surface area contributed by atoms with Crippen LogP contribution in [-0.4, -0.2) is 19.0 Å². The van der Waals surface area contributed by atoms with Crippen LogP contribution in [0.15, 0.2) is 12.2 Å². The van der Waals surface area contributed by atoms with E-state index in [0.29, 0.717) is 12.3 Å². The molecule has 2 heteroatoms. The lowest BCUT2D eigenvalue weighted by Gasteiger charge is -2.18. The monoisotopic (exact) mass is 210 g/mol. The standard InChI is InChI=1S/C13H22O2/c1-2-3-4-5-13(14)7-6-12-8-10-15-11-9-12/h6-7,12H,2-5,8-11H2,1H3. The van der Waals surface area contributed by atoms with Crippen molar-refractivity contribution >= 4 is 5.78 Å². The van der Waals surface area contributed by atoms with Gasteiger partial charge in [0.15, 0.2) is 5.78 Å². The van der Waals surface area contributed by atoms with Crippen molar-refractivity contribution < 1.29 is 9.53 Å². The predicted octanol–water partition coefficient (Wildman–Crippen LogP) is 3.12. The number of unbranched alkanes of at least 4 members (excludes halogenated alkanes) is 2. The molecule has 0 bridgehead atoms. The molecular weight excluding hydrogens is 188 g/mol. The van der Waals surface area contributed by atoms with Crippen molar-refractivity contribution in [3.63, 3.8) is 0 Å².